The summed E-state index contributed by atoms with van der Waals surface area (Å²) in [7, 11) is 0. The molecule has 0 aliphatic carbocycles. The molecule has 0 unspecified atom stereocenters. The van der Waals surface area contributed by atoms with E-state index in [1.54, 1.807) is 11.0 Å². The Morgan fingerprint density at radius 1 is 0.906 bits per heavy atom. The lowest BCUT2D eigenvalue weighted by Gasteiger charge is -2.10. The molecule has 0 fully saturated rings. The van der Waals surface area contributed by atoms with Crippen molar-refractivity contribution >= 4 is 22.6 Å². The van der Waals surface area contributed by atoms with Gasteiger partial charge in [-0.15, -0.1) is 0 Å². The average molecular weight is 422 g/mol. The van der Waals surface area contributed by atoms with Crippen LogP contribution in [0.5, 0.6) is 0 Å². The van der Waals surface area contributed by atoms with E-state index in [0.29, 0.717) is 19.4 Å². The number of rotatable bonds is 7. The lowest BCUT2D eigenvalue weighted by molar-refractivity contribution is -0.116. The molecule has 0 saturated carbocycles. The first-order valence-electron chi connectivity index (χ1n) is 10.5. The van der Waals surface area contributed by atoms with Gasteiger partial charge in [0.05, 0.1) is 17.6 Å². The summed E-state index contributed by atoms with van der Waals surface area (Å²) in [6, 6.07) is 25.9. The fraction of sp³-hybridized carbons (Fsp3) is 0.120. The van der Waals surface area contributed by atoms with Gasteiger partial charge < -0.3 is 5.32 Å². The van der Waals surface area contributed by atoms with Gasteiger partial charge in [0.2, 0.25) is 5.91 Å². The number of nitrogens with zero attached hydrogens (tertiary/aromatic N) is 5. The van der Waals surface area contributed by atoms with Crippen LogP contribution in [0, 0.1) is 0 Å². The molecule has 7 heteroatoms. The molecular formula is C25H22N6O. The summed E-state index contributed by atoms with van der Waals surface area (Å²) in [5.41, 5.74) is 4.87. The van der Waals surface area contributed by atoms with Crippen molar-refractivity contribution in [3.8, 4) is 5.69 Å². The predicted octanol–water partition coefficient (Wildman–Crippen LogP) is 4.24. The molecule has 1 N–H and O–H groups in total. The number of aromatic nitrogens is 5. The molecular weight excluding hydrogens is 400 g/mol. The first-order chi connectivity index (χ1) is 15.8. The normalized spacial score (nSPS) is 11.0. The summed E-state index contributed by atoms with van der Waals surface area (Å²) in [6.45, 7) is 0.643. The number of nitrogens with one attached hydrogen (secondary N) is 1. The average Bonchev–Trinajstić information content (AvgIpc) is 3.47. The summed E-state index contributed by atoms with van der Waals surface area (Å²) < 4.78 is 3.88. The summed E-state index contributed by atoms with van der Waals surface area (Å²) in [4.78, 5) is 21.4. The lowest BCUT2D eigenvalue weighted by Crippen LogP contribution is -2.14. The second-order valence-electron chi connectivity index (χ2n) is 7.53. The quantitative estimate of drug-likeness (QED) is 0.426. The van der Waals surface area contributed by atoms with Crippen molar-refractivity contribution < 1.29 is 4.79 Å². The SMILES string of the molecule is O=C(CCc1nc2ccccc2n1-c1ccccc1)Nc1ccc(Cn2cncn2)cc1. The minimum atomic E-state index is -0.0410. The summed E-state index contributed by atoms with van der Waals surface area (Å²) in [6.07, 6.45) is 4.08. The zero-order valence-electron chi connectivity index (χ0n) is 17.4. The number of amides is 1. The van der Waals surface area contributed by atoms with Crippen molar-refractivity contribution in [3.63, 3.8) is 0 Å². The highest BCUT2D eigenvalue weighted by atomic mass is 16.1. The van der Waals surface area contributed by atoms with Crippen molar-refractivity contribution in [1.82, 2.24) is 24.3 Å². The Balaban J connectivity index is 1.27. The van der Waals surface area contributed by atoms with Crippen LogP contribution >= 0.6 is 0 Å². The molecule has 1 amide bonds. The third-order valence-corrected chi connectivity index (χ3v) is 5.27. The van der Waals surface area contributed by atoms with Crippen LogP contribution in [0.15, 0.2) is 91.5 Å². The van der Waals surface area contributed by atoms with Crippen LogP contribution in [0.4, 0.5) is 5.69 Å². The lowest BCUT2D eigenvalue weighted by atomic mass is 10.2. The summed E-state index contributed by atoms with van der Waals surface area (Å²) in [5.74, 6) is 0.830. The molecule has 5 rings (SSSR count). The van der Waals surface area contributed by atoms with E-state index >= 15 is 0 Å². The van der Waals surface area contributed by atoms with Gasteiger partial charge in [0.25, 0.3) is 0 Å². The Morgan fingerprint density at radius 3 is 2.47 bits per heavy atom. The number of hydrogen-bond donors (Lipinski definition) is 1. The highest BCUT2D eigenvalue weighted by molar-refractivity contribution is 5.91. The smallest absolute Gasteiger partial charge is 0.224 e. The Kier molecular flexibility index (Phi) is 5.45. The molecule has 0 atom stereocenters. The van der Waals surface area contributed by atoms with Crippen LogP contribution < -0.4 is 5.32 Å². The molecule has 32 heavy (non-hydrogen) atoms. The maximum atomic E-state index is 12.6. The molecule has 7 nitrogen and oxygen atoms in total. The van der Waals surface area contributed by atoms with E-state index in [1.165, 1.54) is 6.33 Å². The zero-order chi connectivity index (χ0) is 21.8. The number of anilines is 1. The van der Waals surface area contributed by atoms with Gasteiger partial charge in [-0.3, -0.25) is 9.36 Å². The Bertz CT molecular complexity index is 1320. The van der Waals surface area contributed by atoms with Crippen LogP contribution in [0.1, 0.15) is 17.8 Å². The molecule has 3 aromatic carbocycles. The standard InChI is InChI=1S/C25H22N6O/c32-25(28-20-12-10-19(11-13-20)16-30-18-26-17-27-30)15-14-24-29-22-8-4-5-9-23(22)31(24)21-6-2-1-3-7-21/h1-13,17-18H,14-16H2,(H,28,32). The first kappa shape index (κ1) is 19.7. The van der Waals surface area contributed by atoms with Crippen LogP contribution in [0.25, 0.3) is 16.7 Å². The van der Waals surface area contributed by atoms with Crippen LogP contribution in [0.3, 0.4) is 0 Å². The van der Waals surface area contributed by atoms with Crippen molar-refractivity contribution in [2.45, 2.75) is 19.4 Å². The topological polar surface area (TPSA) is 77.6 Å². The summed E-state index contributed by atoms with van der Waals surface area (Å²) in [5, 5.41) is 7.09. The molecule has 0 spiro atoms. The maximum absolute atomic E-state index is 12.6. The number of carbonyl (C=O) groups excluding carboxylic acids is 1. The molecule has 158 valence electrons. The Morgan fingerprint density at radius 2 is 1.69 bits per heavy atom. The van der Waals surface area contributed by atoms with E-state index in [1.807, 2.05) is 60.7 Å². The van der Waals surface area contributed by atoms with Crippen molar-refractivity contribution in [1.29, 1.82) is 0 Å². The second kappa shape index (κ2) is 8.85. The predicted molar refractivity (Wildman–Crippen MR) is 124 cm³/mol. The number of aryl methyl sites for hydroxylation is 1. The highest BCUT2D eigenvalue weighted by Crippen LogP contribution is 2.22. The Labute approximate surface area is 185 Å². The van der Waals surface area contributed by atoms with E-state index < -0.39 is 0 Å². The van der Waals surface area contributed by atoms with Gasteiger partial charge in [0.1, 0.15) is 18.5 Å². The van der Waals surface area contributed by atoms with Gasteiger partial charge in [0, 0.05) is 24.2 Å². The van der Waals surface area contributed by atoms with Crippen molar-refractivity contribution in [2.75, 3.05) is 5.32 Å². The third-order valence-electron chi connectivity index (χ3n) is 5.27. The number of imidazole rings is 1. The first-order valence-corrected chi connectivity index (χ1v) is 10.5. The van der Waals surface area contributed by atoms with Gasteiger partial charge in [0.15, 0.2) is 0 Å². The number of hydrogen-bond acceptors (Lipinski definition) is 4. The number of carbonyl (C=O) groups is 1. The molecule has 2 heterocycles. The van der Waals surface area contributed by atoms with Gasteiger partial charge in [-0.25, -0.2) is 14.6 Å². The molecule has 0 bridgehead atoms. The van der Waals surface area contributed by atoms with E-state index in [4.69, 9.17) is 4.98 Å². The maximum Gasteiger partial charge on any atom is 0.224 e. The zero-order valence-corrected chi connectivity index (χ0v) is 17.4. The fourth-order valence-corrected chi connectivity index (χ4v) is 3.75. The van der Waals surface area contributed by atoms with Gasteiger partial charge in [-0.1, -0.05) is 42.5 Å². The molecule has 0 radical (unpaired) electrons. The van der Waals surface area contributed by atoms with Crippen LogP contribution in [0.2, 0.25) is 0 Å². The minimum Gasteiger partial charge on any atom is -0.326 e. The van der Waals surface area contributed by atoms with Gasteiger partial charge in [-0.05, 0) is 42.0 Å². The number of benzene rings is 3. The molecule has 5 aromatic rings. The van der Waals surface area contributed by atoms with E-state index in [9.17, 15) is 4.79 Å². The second-order valence-corrected chi connectivity index (χ2v) is 7.53. The molecule has 0 aliphatic rings. The third kappa shape index (κ3) is 4.27. The van der Waals surface area contributed by atoms with E-state index in [0.717, 1.165) is 33.8 Å². The molecule has 0 saturated heterocycles. The number of para-hydroxylation sites is 3. The van der Waals surface area contributed by atoms with E-state index in [-0.39, 0.29) is 5.91 Å². The van der Waals surface area contributed by atoms with Gasteiger partial charge >= 0.3 is 0 Å². The van der Waals surface area contributed by atoms with E-state index in [2.05, 4.69) is 38.2 Å². The highest BCUT2D eigenvalue weighted by Gasteiger charge is 2.13. The van der Waals surface area contributed by atoms with Crippen LogP contribution in [-0.4, -0.2) is 30.2 Å². The largest absolute Gasteiger partial charge is 0.326 e. The monoisotopic (exact) mass is 422 g/mol. The fourth-order valence-electron chi connectivity index (χ4n) is 3.75. The number of fused-ring (bicyclic) bond motifs is 1. The minimum absolute atomic E-state index is 0.0410. The Hall–Kier alpha value is -4.26. The van der Waals surface area contributed by atoms with Crippen LogP contribution in [-0.2, 0) is 17.8 Å². The van der Waals surface area contributed by atoms with Crippen molar-refractivity contribution in [2.24, 2.45) is 0 Å². The summed E-state index contributed by atoms with van der Waals surface area (Å²) >= 11 is 0. The van der Waals surface area contributed by atoms with Crippen molar-refractivity contribution in [3.05, 3.63) is 103 Å². The van der Waals surface area contributed by atoms with Gasteiger partial charge in [-0.2, -0.15) is 5.10 Å². The molecule has 0 aliphatic heterocycles. The molecule has 2 aromatic heterocycles.